The van der Waals surface area contributed by atoms with E-state index in [-0.39, 0.29) is 28.1 Å². The molecule has 1 aromatic carbocycles. The summed E-state index contributed by atoms with van der Waals surface area (Å²) in [6, 6.07) is 2.95. The van der Waals surface area contributed by atoms with Gasteiger partial charge in [0.15, 0.2) is 5.82 Å². The summed E-state index contributed by atoms with van der Waals surface area (Å²) in [6.07, 6.45) is 1.55. The second-order valence-electron chi connectivity index (χ2n) is 3.88. The number of aromatic nitrogens is 3. The third-order valence-corrected chi connectivity index (χ3v) is 3.15. The maximum atomic E-state index is 12.0. The highest BCUT2D eigenvalue weighted by Crippen LogP contribution is 2.28. The molecule has 0 saturated heterocycles. The lowest BCUT2D eigenvalue weighted by Crippen LogP contribution is -2.24. The summed E-state index contributed by atoms with van der Waals surface area (Å²) in [4.78, 5) is 16.0. The second kappa shape index (κ2) is 5.46. The SMILES string of the molecule is Cn1cnc(CNC(=O)c2cc(N)cc(Cl)c2Cl)n1. The molecule has 1 heterocycles. The molecule has 1 aromatic heterocycles. The zero-order chi connectivity index (χ0) is 14.0. The van der Waals surface area contributed by atoms with Crippen LogP contribution in [-0.2, 0) is 13.6 Å². The topological polar surface area (TPSA) is 85.8 Å². The van der Waals surface area contributed by atoms with Gasteiger partial charge in [-0.15, -0.1) is 0 Å². The molecule has 0 radical (unpaired) electrons. The molecule has 0 saturated carbocycles. The number of nitrogens with one attached hydrogen (secondary N) is 1. The third kappa shape index (κ3) is 3.15. The van der Waals surface area contributed by atoms with Gasteiger partial charge >= 0.3 is 0 Å². The average Bonchev–Trinajstić information content (AvgIpc) is 2.76. The summed E-state index contributed by atoms with van der Waals surface area (Å²) in [5.41, 5.74) is 6.22. The van der Waals surface area contributed by atoms with Crippen LogP contribution in [0.3, 0.4) is 0 Å². The van der Waals surface area contributed by atoms with E-state index < -0.39 is 0 Å². The molecule has 0 aliphatic rings. The van der Waals surface area contributed by atoms with Crippen molar-refractivity contribution >= 4 is 34.8 Å². The normalized spacial score (nSPS) is 10.5. The van der Waals surface area contributed by atoms with Crippen molar-refractivity contribution < 1.29 is 4.79 Å². The van der Waals surface area contributed by atoms with E-state index >= 15 is 0 Å². The smallest absolute Gasteiger partial charge is 0.253 e. The van der Waals surface area contributed by atoms with E-state index in [4.69, 9.17) is 28.9 Å². The molecule has 6 nitrogen and oxygen atoms in total. The maximum absolute atomic E-state index is 12.0. The van der Waals surface area contributed by atoms with Crippen molar-refractivity contribution in [2.75, 3.05) is 5.73 Å². The summed E-state index contributed by atoms with van der Waals surface area (Å²) >= 11 is 11.8. The van der Waals surface area contributed by atoms with Crippen LogP contribution in [0.4, 0.5) is 5.69 Å². The highest BCUT2D eigenvalue weighted by atomic mass is 35.5. The maximum Gasteiger partial charge on any atom is 0.253 e. The first kappa shape index (κ1) is 13.6. The number of carbonyl (C=O) groups excluding carboxylic acids is 1. The molecule has 2 rings (SSSR count). The monoisotopic (exact) mass is 299 g/mol. The van der Waals surface area contributed by atoms with Crippen molar-refractivity contribution in [2.24, 2.45) is 7.05 Å². The summed E-state index contributed by atoms with van der Waals surface area (Å²) in [5, 5.41) is 7.10. The quantitative estimate of drug-likeness (QED) is 0.844. The first-order valence-electron chi connectivity index (χ1n) is 5.34. The number of aryl methyl sites for hydroxylation is 1. The van der Waals surface area contributed by atoms with E-state index in [0.717, 1.165) is 0 Å². The molecule has 0 spiro atoms. The van der Waals surface area contributed by atoms with Crippen LogP contribution in [0, 0.1) is 0 Å². The van der Waals surface area contributed by atoms with E-state index in [1.54, 1.807) is 18.1 Å². The van der Waals surface area contributed by atoms with Crippen LogP contribution in [0.2, 0.25) is 10.0 Å². The Balaban J connectivity index is 2.12. The minimum Gasteiger partial charge on any atom is -0.399 e. The first-order valence-corrected chi connectivity index (χ1v) is 6.10. The average molecular weight is 300 g/mol. The fraction of sp³-hybridized carbons (Fsp3) is 0.182. The Hall–Kier alpha value is -1.79. The van der Waals surface area contributed by atoms with Gasteiger partial charge in [0.05, 0.1) is 22.2 Å². The molecule has 0 aliphatic carbocycles. The number of anilines is 1. The molecule has 0 fully saturated rings. The molecular weight excluding hydrogens is 289 g/mol. The highest BCUT2D eigenvalue weighted by Gasteiger charge is 2.14. The van der Waals surface area contributed by atoms with Crippen LogP contribution in [0.25, 0.3) is 0 Å². The molecule has 0 atom stereocenters. The Bertz CT molecular complexity index is 626. The van der Waals surface area contributed by atoms with Gasteiger partial charge in [-0.3, -0.25) is 9.48 Å². The largest absolute Gasteiger partial charge is 0.399 e. The number of nitrogens with two attached hydrogens (primary N) is 1. The standard InChI is InChI=1S/C11H11Cl2N5O/c1-18-5-16-9(17-18)4-15-11(19)7-2-6(14)3-8(12)10(7)13/h2-3,5H,4,14H2,1H3,(H,15,19). The van der Waals surface area contributed by atoms with Crippen molar-refractivity contribution in [1.29, 1.82) is 0 Å². The number of nitrogen functional groups attached to an aromatic ring is 1. The van der Waals surface area contributed by atoms with E-state index in [0.29, 0.717) is 11.5 Å². The van der Waals surface area contributed by atoms with Gasteiger partial charge in [0, 0.05) is 12.7 Å². The van der Waals surface area contributed by atoms with Gasteiger partial charge in [-0.25, -0.2) is 4.98 Å². The number of carbonyl (C=O) groups is 1. The second-order valence-corrected chi connectivity index (χ2v) is 4.67. The lowest BCUT2D eigenvalue weighted by molar-refractivity contribution is 0.0950. The Kier molecular flexibility index (Phi) is 3.92. The third-order valence-electron chi connectivity index (χ3n) is 2.35. The fourth-order valence-electron chi connectivity index (χ4n) is 1.49. The number of rotatable bonds is 3. The molecule has 0 aliphatic heterocycles. The fourth-order valence-corrected chi connectivity index (χ4v) is 1.92. The minimum atomic E-state index is -0.383. The zero-order valence-corrected chi connectivity index (χ0v) is 11.5. The van der Waals surface area contributed by atoms with Crippen LogP contribution >= 0.6 is 23.2 Å². The molecule has 1 amide bonds. The zero-order valence-electron chi connectivity index (χ0n) is 10.0. The van der Waals surface area contributed by atoms with E-state index in [1.807, 2.05) is 0 Å². The Morgan fingerprint density at radius 1 is 1.47 bits per heavy atom. The lowest BCUT2D eigenvalue weighted by Gasteiger charge is -2.07. The predicted octanol–water partition coefficient (Wildman–Crippen LogP) is 1.63. The van der Waals surface area contributed by atoms with Crippen LogP contribution in [0.5, 0.6) is 0 Å². The molecule has 100 valence electrons. The van der Waals surface area contributed by atoms with Gasteiger partial charge in [-0.1, -0.05) is 23.2 Å². The van der Waals surface area contributed by atoms with Crippen molar-refractivity contribution in [2.45, 2.75) is 6.54 Å². The Morgan fingerprint density at radius 2 is 2.21 bits per heavy atom. The van der Waals surface area contributed by atoms with Crippen molar-refractivity contribution in [3.05, 3.63) is 39.9 Å². The molecule has 8 heteroatoms. The van der Waals surface area contributed by atoms with Gasteiger partial charge in [-0.2, -0.15) is 5.10 Å². The molecule has 0 unspecified atom stereocenters. The van der Waals surface area contributed by atoms with Crippen LogP contribution in [0.1, 0.15) is 16.2 Å². The number of halogens is 2. The summed E-state index contributed by atoms with van der Waals surface area (Å²) in [7, 11) is 1.74. The predicted molar refractivity (Wildman–Crippen MR) is 73.0 cm³/mol. The number of nitrogens with zero attached hydrogens (tertiary/aromatic N) is 3. The van der Waals surface area contributed by atoms with Crippen LogP contribution < -0.4 is 11.1 Å². The molecule has 2 aromatic rings. The first-order chi connectivity index (χ1) is 8.97. The highest BCUT2D eigenvalue weighted by molar-refractivity contribution is 6.44. The van der Waals surface area contributed by atoms with Crippen molar-refractivity contribution in [1.82, 2.24) is 20.1 Å². The van der Waals surface area contributed by atoms with Gasteiger partial charge in [-0.05, 0) is 12.1 Å². The minimum absolute atomic E-state index is 0.169. The van der Waals surface area contributed by atoms with Gasteiger partial charge in [0.2, 0.25) is 0 Å². The van der Waals surface area contributed by atoms with Crippen LogP contribution in [0.15, 0.2) is 18.5 Å². The number of hydrogen-bond donors (Lipinski definition) is 2. The van der Waals surface area contributed by atoms with Gasteiger partial charge in [0.1, 0.15) is 6.33 Å². The lowest BCUT2D eigenvalue weighted by atomic mass is 10.2. The van der Waals surface area contributed by atoms with E-state index in [2.05, 4.69) is 15.4 Å². The van der Waals surface area contributed by atoms with Crippen molar-refractivity contribution in [3.8, 4) is 0 Å². The molecular formula is C11H11Cl2N5O. The summed E-state index contributed by atoms with van der Waals surface area (Å²) < 4.78 is 1.55. The summed E-state index contributed by atoms with van der Waals surface area (Å²) in [5.74, 6) is 0.119. The Labute approximate surface area is 119 Å². The van der Waals surface area contributed by atoms with Crippen molar-refractivity contribution in [3.63, 3.8) is 0 Å². The Morgan fingerprint density at radius 3 is 2.84 bits per heavy atom. The molecule has 0 bridgehead atoms. The van der Waals surface area contributed by atoms with E-state index in [9.17, 15) is 4.79 Å². The van der Waals surface area contributed by atoms with E-state index in [1.165, 1.54) is 12.1 Å². The number of benzene rings is 1. The molecule has 19 heavy (non-hydrogen) atoms. The van der Waals surface area contributed by atoms with Gasteiger partial charge < -0.3 is 11.1 Å². The number of amides is 1. The summed E-state index contributed by atoms with van der Waals surface area (Å²) in [6.45, 7) is 0.197. The molecule has 3 N–H and O–H groups in total. The number of hydrogen-bond acceptors (Lipinski definition) is 4. The van der Waals surface area contributed by atoms with Crippen LogP contribution in [-0.4, -0.2) is 20.7 Å². The van der Waals surface area contributed by atoms with Gasteiger partial charge in [0.25, 0.3) is 5.91 Å².